The zero-order chi connectivity index (χ0) is 65.3. The van der Waals surface area contributed by atoms with Crippen LogP contribution in [0.3, 0.4) is 0 Å². The first-order valence-electron chi connectivity index (χ1n) is 34.5. The molecule has 6 heterocycles. The second kappa shape index (κ2) is 21.0. The monoisotopic (exact) mass is 1270 g/mol. The third-order valence-corrected chi connectivity index (χ3v) is 21.6. The highest BCUT2D eigenvalue weighted by molar-refractivity contribution is 6.21. The highest BCUT2D eigenvalue weighted by atomic mass is 15.1. The third kappa shape index (κ3) is 7.72. The summed E-state index contributed by atoms with van der Waals surface area (Å²) in [5, 5.41) is 17.1. The van der Waals surface area contributed by atoms with Gasteiger partial charge in [-0.3, -0.25) is 0 Å². The van der Waals surface area contributed by atoms with E-state index >= 15 is 0 Å². The second-order valence-electron chi connectivity index (χ2n) is 26.7. The van der Waals surface area contributed by atoms with Crippen LogP contribution >= 0.6 is 0 Å². The van der Waals surface area contributed by atoms with E-state index in [0.29, 0.717) is 0 Å². The molecule has 0 radical (unpaired) electrons. The van der Waals surface area contributed by atoms with Crippen LogP contribution in [0, 0.1) is 0 Å². The summed E-state index contributed by atoms with van der Waals surface area (Å²) in [4.78, 5) is 0. The van der Waals surface area contributed by atoms with E-state index in [1.54, 1.807) is 0 Å². The number of para-hydroxylation sites is 7. The first kappa shape index (κ1) is 54.8. The summed E-state index contributed by atoms with van der Waals surface area (Å²) in [5.41, 5.74) is 25.4. The lowest BCUT2D eigenvalue weighted by atomic mass is 9.93. The molecule has 464 valence electrons. The number of benzene rings is 16. The van der Waals surface area contributed by atoms with Crippen molar-refractivity contribution in [3.63, 3.8) is 0 Å². The van der Waals surface area contributed by atoms with Gasteiger partial charge in [-0.05, 0) is 154 Å². The Kier molecular flexibility index (Phi) is 11.5. The van der Waals surface area contributed by atoms with Crippen LogP contribution in [0.5, 0.6) is 0 Å². The molecule has 0 unspecified atom stereocenters. The van der Waals surface area contributed by atoms with Crippen LogP contribution in [0.2, 0.25) is 0 Å². The molecule has 0 aliphatic heterocycles. The average molecular weight is 1270 g/mol. The zero-order valence-electron chi connectivity index (χ0n) is 54.2. The van der Waals surface area contributed by atoms with Gasteiger partial charge in [0.05, 0.1) is 83.3 Å². The molecular weight excluding hydrogens is 1210 g/mol. The number of hydrogen-bond donors (Lipinski definition) is 0. The number of aromatic nitrogens is 6. The van der Waals surface area contributed by atoms with E-state index in [9.17, 15) is 0 Å². The molecule has 0 saturated carbocycles. The first-order chi connectivity index (χ1) is 49.7. The minimum Gasteiger partial charge on any atom is -0.309 e. The van der Waals surface area contributed by atoms with E-state index < -0.39 is 0 Å². The molecule has 0 aliphatic rings. The largest absolute Gasteiger partial charge is 0.309 e. The van der Waals surface area contributed by atoms with Gasteiger partial charge in [0.15, 0.2) is 0 Å². The van der Waals surface area contributed by atoms with Crippen molar-refractivity contribution >= 4 is 142 Å². The molecule has 0 fully saturated rings. The Morgan fingerprint density at radius 3 is 0.990 bits per heavy atom. The predicted octanol–water partition coefficient (Wildman–Crippen LogP) is 24.8. The Morgan fingerprint density at radius 2 is 0.460 bits per heavy atom. The number of rotatable bonds is 8. The molecule has 0 bridgehead atoms. The minimum absolute atomic E-state index is 1.10. The molecule has 22 aromatic rings. The summed E-state index contributed by atoms with van der Waals surface area (Å²) in [6.45, 7) is 0. The van der Waals surface area contributed by atoms with Crippen LogP contribution in [0.1, 0.15) is 0 Å². The van der Waals surface area contributed by atoms with Gasteiger partial charge in [-0.2, -0.15) is 0 Å². The maximum Gasteiger partial charge on any atom is 0.0562 e. The summed E-state index contributed by atoms with van der Waals surface area (Å²) in [7, 11) is 0. The molecule has 6 nitrogen and oxygen atoms in total. The Hall–Kier alpha value is -13.4. The van der Waals surface area contributed by atoms with Crippen LogP contribution in [0.25, 0.3) is 198 Å². The van der Waals surface area contributed by atoms with Crippen molar-refractivity contribution in [3.05, 3.63) is 352 Å². The van der Waals surface area contributed by atoms with Crippen LogP contribution in [-0.2, 0) is 0 Å². The van der Waals surface area contributed by atoms with Crippen molar-refractivity contribution in [2.45, 2.75) is 0 Å². The number of nitrogens with zero attached hydrogens (tertiary/aromatic N) is 6. The van der Waals surface area contributed by atoms with Gasteiger partial charge in [-0.25, -0.2) is 0 Å². The molecule has 0 amide bonds. The Labute approximate surface area is 573 Å². The standard InChI is InChI=1S/C94H58N6/c1-2-24-60-55-64(51-49-59(60)23-1)97-85-44-21-47-89(100-83-42-18-11-35-75(83)93-87(46-22-48-88(93)100)99-80-39-15-8-31-70(80)71-32-9-16-40-81(71)99)94(85)76-53-50-62(57-90(76)97)67-28-4-3-27-66(67)61-25-19-26-63(56-61)96-77-36-12-5-33-72(77)73-54-52-65(58-91(73)96)95-82-41-17-10-34-74(82)92-84(95)43-20-45-86(92)98-78-37-13-6-29-68(78)69-30-7-14-38-79(69)98/h1-58H. The normalized spacial score (nSPS) is 12.2. The molecule has 0 saturated heterocycles. The van der Waals surface area contributed by atoms with Gasteiger partial charge < -0.3 is 27.4 Å². The molecule has 6 heteroatoms. The van der Waals surface area contributed by atoms with Gasteiger partial charge in [-0.15, -0.1) is 0 Å². The number of hydrogen-bond acceptors (Lipinski definition) is 0. The van der Waals surface area contributed by atoms with Crippen molar-refractivity contribution in [1.29, 1.82) is 0 Å². The highest BCUT2D eigenvalue weighted by Gasteiger charge is 2.26. The summed E-state index contributed by atoms with van der Waals surface area (Å²) in [6.07, 6.45) is 0. The lowest BCUT2D eigenvalue weighted by molar-refractivity contribution is 1.15. The predicted molar refractivity (Wildman–Crippen MR) is 421 cm³/mol. The third-order valence-electron chi connectivity index (χ3n) is 21.6. The topological polar surface area (TPSA) is 29.6 Å². The second-order valence-corrected chi connectivity index (χ2v) is 26.7. The van der Waals surface area contributed by atoms with Gasteiger partial charge in [0.1, 0.15) is 0 Å². The van der Waals surface area contributed by atoms with Crippen LogP contribution < -0.4 is 0 Å². The highest BCUT2D eigenvalue weighted by Crippen LogP contribution is 2.47. The van der Waals surface area contributed by atoms with E-state index in [1.165, 1.54) is 103 Å². The van der Waals surface area contributed by atoms with Gasteiger partial charge in [0.2, 0.25) is 0 Å². The molecule has 6 aromatic heterocycles. The van der Waals surface area contributed by atoms with Crippen molar-refractivity contribution < 1.29 is 0 Å². The Bertz CT molecular complexity index is 7130. The molecule has 22 rings (SSSR count). The molecule has 0 atom stereocenters. The summed E-state index contributed by atoms with van der Waals surface area (Å²) < 4.78 is 14.9. The van der Waals surface area contributed by atoms with Gasteiger partial charge >= 0.3 is 0 Å². The summed E-state index contributed by atoms with van der Waals surface area (Å²) in [6, 6.07) is 131. The van der Waals surface area contributed by atoms with Crippen LogP contribution in [0.15, 0.2) is 352 Å². The van der Waals surface area contributed by atoms with Crippen molar-refractivity contribution in [1.82, 2.24) is 27.4 Å². The van der Waals surface area contributed by atoms with Gasteiger partial charge in [0.25, 0.3) is 0 Å². The smallest absolute Gasteiger partial charge is 0.0562 e. The minimum atomic E-state index is 1.10. The van der Waals surface area contributed by atoms with E-state index in [0.717, 1.165) is 94.8 Å². The lowest BCUT2D eigenvalue weighted by Gasteiger charge is -2.15. The van der Waals surface area contributed by atoms with Crippen molar-refractivity contribution in [3.8, 4) is 56.4 Å². The molecule has 16 aromatic carbocycles. The molecule has 0 N–H and O–H groups in total. The molecular formula is C94H58N6. The van der Waals surface area contributed by atoms with E-state index in [1.807, 2.05) is 0 Å². The molecule has 0 spiro atoms. The van der Waals surface area contributed by atoms with E-state index in [4.69, 9.17) is 0 Å². The van der Waals surface area contributed by atoms with E-state index in [2.05, 4.69) is 379 Å². The van der Waals surface area contributed by atoms with Gasteiger partial charge in [-0.1, -0.05) is 231 Å². The van der Waals surface area contributed by atoms with Gasteiger partial charge in [0, 0.05) is 81.7 Å². The maximum atomic E-state index is 2.52. The molecule has 0 aliphatic carbocycles. The Balaban J connectivity index is 0.716. The van der Waals surface area contributed by atoms with Crippen LogP contribution in [0.4, 0.5) is 0 Å². The fraction of sp³-hybridized carbons (Fsp3) is 0. The van der Waals surface area contributed by atoms with Crippen molar-refractivity contribution in [2.24, 2.45) is 0 Å². The maximum absolute atomic E-state index is 2.52. The Morgan fingerprint density at radius 1 is 0.150 bits per heavy atom. The zero-order valence-corrected chi connectivity index (χ0v) is 54.2. The number of fused-ring (bicyclic) bond motifs is 19. The SMILES string of the molecule is c1cc(-c2ccccc2-c2ccc3c4c(-n5c6ccccc6c6c(-n7c8ccccc8c8ccccc87)cccc65)cccc4n(-c4ccc5ccccc5c4)c3c2)cc(-n2c3ccccc3c3ccc(-n4c5ccccc5c5c(-n6c7ccccc7c7ccccc76)cccc54)cc32)c1. The van der Waals surface area contributed by atoms with Crippen molar-refractivity contribution in [2.75, 3.05) is 0 Å². The molecule has 100 heavy (non-hydrogen) atoms. The fourth-order valence-corrected chi connectivity index (χ4v) is 17.4. The van der Waals surface area contributed by atoms with E-state index in [-0.39, 0.29) is 0 Å². The first-order valence-corrected chi connectivity index (χ1v) is 34.5. The lowest BCUT2D eigenvalue weighted by Crippen LogP contribution is -1.98. The summed E-state index contributed by atoms with van der Waals surface area (Å²) >= 11 is 0. The average Bonchev–Trinajstić information content (AvgIpc) is 1.56. The quantitative estimate of drug-likeness (QED) is 0.145. The van der Waals surface area contributed by atoms with Crippen LogP contribution in [-0.4, -0.2) is 27.4 Å². The summed E-state index contributed by atoms with van der Waals surface area (Å²) in [5.74, 6) is 0. The fourth-order valence-electron chi connectivity index (χ4n) is 17.4.